The van der Waals surface area contributed by atoms with Crippen molar-refractivity contribution in [3.8, 4) is 0 Å². The van der Waals surface area contributed by atoms with Crippen LogP contribution < -0.4 is 10.2 Å². The molecule has 2 rings (SSSR count). The molecular weight excluding hydrogens is 312 g/mol. The largest absolute Gasteiger partial charge is 0.379 e. The maximum absolute atomic E-state index is 5.70. The van der Waals surface area contributed by atoms with E-state index in [0.29, 0.717) is 0 Å². The van der Waals surface area contributed by atoms with Crippen LogP contribution in [0.2, 0.25) is 0 Å². The summed E-state index contributed by atoms with van der Waals surface area (Å²) >= 11 is 0. The lowest BCUT2D eigenvalue weighted by Gasteiger charge is -2.22. The fraction of sp³-hybridized carbons (Fsp3) is 0.650. The van der Waals surface area contributed by atoms with Gasteiger partial charge in [0.1, 0.15) is 0 Å². The van der Waals surface area contributed by atoms with Crippen molar-refractivity contribution in [2.24, 2.45) is 10.9 Å². The van der Waals surface area contributed by atoms with Crippen LogP contribution in [-0.4, -0.2) is 65.4 Å². The van der Waals surface area contributed by atoms with Gasteiger partial charge in [-0.3, -0.25) is 4.99 Å². The van der Waals surface area contributed by atoms with Crippen LogP contribution in [-0.2, 0) is 11.2 Å². The molecule has 1 aromatic rings. The first-order valence-electron chi connectivity index (χ1n) is 9.36. The van der Waals surface area contributed by atoms with Crippen LogP contribution >= 0.6 is 0 Å². The summed E-state index contributed by atoms with van der Waals surface area (Å²) in [5.41, 5.74) is 2.62. The van der Waals surface area contributed by atoms with E-state index in [-0.39, 0.29) is 0 Å². The van der Waals surface area contributed by atoms with Gasteiger partial charge in [0.25, 0.3) is 0 Å². The molecule has 140 valence electrons. The van der Waals surface area contributed by atoms with E-state index in [0.717, 1.165) is 51.0 Å². The van der Waals surface area contributed by atoms with Gasteiger partial charge in [-0.05, 0) is 49.3 Å². The Balaban J connectivity index is 1.60. The van der Waals surface area contributed by atoms with Gasteiger partial charge >= 0.3 is 0 Å². The number of anilines is 1. The number of hydrogen-bond acceptors (Lipinski definition) is 3. The molecule has 25 heavy (non-hydrogen) atoms. The molecule has 1 N–H and O–H groups in total. The van der Waals surface area contributed by atoms with Crippen LogP contribution in [0.3, 0.4) is 0 Å². The molecule has 1 aliphatic rings. The second-order valence-corrected chi connectivity index (χ2v) is 7.08. The molecule has 0 atom stereocenters. The first-order chi connectivity index (χ1) is 12.1. The van der Waals surface area contributed by atoms with E-state index in [1.54, 1.807) is 0 Å². The molecule has 1 aromatic carbocycles. The molecule has 1 aliphatic carbocycles. The maximum Gasteiger partial charge on any atom is 0.193 e. The average molecular weight is 347 g/mol. The first-order valence-corrected chi connectivity index (χ1v) is 9.36. The van der Waals surface area contributed by atoms with E-state index in [2.05, 4.69) is 65.5 Å². The lowest BCUT2D eigenvalue weighted by Crippen LogP contribution is -2.41. The number of benzene rings is 1. The van der Waals surface area contributed by atoms with Gasteiger partial charge in [-0.2, -0.15) is 0 Å². The standard InChI is InChI=1S/C20H34N4O/c1-21-20(24(4)14-15-25-16-18-7-8-18)22-13-5-6-17-9-11-19(12-10-17)23(2)3/h9-12,18H,5-8,13-16H2,1-4H3,(H,21,22). The summed E-state index contributed by atoms with van der Waals surface area (Å²) in [6, 6.07) is 8.79. The van der Waals surface area contributed by atoms with E-state index >= 15 is 0 Å². The van der Waals surface area contributed by atoms with Gasteiger partial charge in [-0.15, -0.1) is 0 Å². The quantitative estimate of drug-likeness (QED) is 0.402. The summed E-state index contributed by atoms with van der Waals surface area (Å²) in [5.74, 6) is 1.77. The second-order valence-electron chi connectivity index (χ2n) is 7.08. The Bertz CT molecular complexity index is 523. The summed E-state index contributed by atoms with van der Waals surface area (Å²) in [6.45, 7) is 3.49. The zero-order valence-electron chi connectivity index (χ0n) is 16.3. The van der Waals surface area contributed by atoms with Gasteiger partial charge < -0.3 is 19.9 Å². The zero-order chi connectivity index (χ0) is 18.1. The summed E-state index contributed by atoms with van der Waals surface area (Å²) in [4.78, 5) is 8.62. The van der Waals surface area contributed by atoms with Crippen LogP contribution in [0, 0.1) is 5.92 Å². The third kappa shape index (κ3) is 7.34. The number of guanidine groups is 1. The molecule has 1 saturated carbocycles. The fourth-order valence-corrected chi connectivity index (χ4v) is 2.68. The highest BCUT2D eigenvalue weighted by atomic mass is 16.5. The molecule has 0 aliphatic heterocycles. The van der Waals surface area contributed by atoms with E-state index in [1.165, 1.54) is 24.1 Å². The molecule has 0 unspecified atom stereocenters. The SMILES string of the molecule is CN=C(NCCCc1ccc(N(C)C)cc1)N(C)CCOCC1CC1. The molecule has 0 bridgehead atoms. The number of aryl methyl sites for hydroxylation is 1. The Labute approximate surface area is 153 Å². The van der Waals surface area contributed by atoms with Gasteiger partial charge in [0, 0.05) is 53.6 Å². The van der Waals surface area contributed by atoms with Crippen LogP contribution in [0.25, 0.3) is 0 Å². The number of hydrogen-bond donors (Lipinski definition) is 1. The van der Waals surface area contributed by atoms with Crippen LogP contribution in [0.4, 0.5) is 5.69 Å². The topological polar surface area (TPSA) is 40.1 Å². The molecule has 0 saturated heterocycles. The van der Waals surface area contributed by atoms with E-state index < -0.39 is 0 Å². The van der Waals surface area contributed by atoms with Crippen molar-refractivity contribution in [3.05, 3.63) is 29.8 Å². The number of nitrogens with zero attached hydrogens (tertiary/aromatic N) is 3. The average Bonchev–Trinajstić information content (AvgIpc) is 3.43. The number of ether oxygens (including phenoxy) is 1. The Kier molecular flexibility index (Phi) is 8.06. The molecular formula is C20H34N4O. The van der Waals surface area contributed by atoms with Crippen LogP contribution in [0.5, 0.6) is 0 Å². The normalized spacial score (nSPS) is 14.5. The minimum absolute atomic E-state index is 0.770. The highest BCUT2D eigenvalue weighted by molar-refractivity contribution is 5.79. The Morgan fingerprint density at radius 2 is 1.92 bits per heavy atom. The molecule has 0 heterocycles. The molecule has 5 heteroatoms. The Morgan fingerprint density at radius 3 is 2.52 bits per heavy atom. The van der Waals surface area contributed by atoms with Crippen molar-refractivity contribution < 1.29 is 4.74 Å². The maximum atomic E-state index is 5.70. The highest BCUT2D eigenvalue weighted by Crippen LogP contribution is 2.28. The van der Waals surface area contributed by atoms with Gasteiger partial charge in [0.05, 0.1) is 6.61 Å². The lowest BCUT2D eigenvalue weighted by molar-refractivity contribution is 0.115. The molecule has 5 nitrogen and oxygen atoms in total. The highest BCUT2D eigenvalue weighted by Gasteiger charge is 2.21. The first kappa shape index (κ1) is 19.6. The number of aliphatic imine (C=N–C) groups is 1. The van der Waals surface area contributed by atoms with Crippen molar-refractivity contribution in [1.29, 1.82) is 0 Å². The third-order valence-corrected chi connectivity index (χ3v) is 4.57. The van der Waals surface area contributed by atoms with Crippen LogP contribution in [0.15, 0.2) is 29.3 Å². The molecule has 0 amide bonds. The summed E-state index contributed by atoms with van der Waals surface area (Å²) in [6.07, 6.45) is 4.85. The lowest BCUT2D eigenvalue weighted by atomic mass is 10.1. The predicted octanol–water partition coefficient (Wildman–Crippen LogP) is 2.62. The van der Waals surface area contributed by atoms with Gasteiger partial charge in [0.15, 0.2) is 5.96 Å². The minimum Gasteiger partial charge on any atom is -0.379 e. The van der Waals surface area contributed by atoms with Crippen molar-refractivity contribution in [2.75, 3.05) is 59.4 Å². The second kappa shape index (κ2) is 10.3. The van der Waals surface area contributed by atoms with Gasteiger partial charge in [0.2, 0.25) is 0 Å². The smallest absolute Gasteiger partial charge is 0.193 e. The molecule has 0 radical (unpaired) electrons. The van der Waals surface area contributed by atoms with E-state index in [9.17, 15) is 0 Å². The third-order valence-electron chi connectivity index (χ3n) is 4.57. The summed E-state index contributed by atoms with van der Waals surface area (Å²) in [7, 11) is 8.04. The van der Waals surface area contributed by atoms with Crippen LogP contribution in [0.1, 0.15) is 24.8 Å². The predicted molar refractivity (Wildman–Crippen MR) is 107 cm³/mol. The molecule has 0 spiro atoms. The Hall–Kier alpha value is -1.75. The summed E-state index contributed by atoms with van der Waals surface area (Å²) in [5, 5.41) is 3.44. The number of rotatable bonds is 10. The van der Waals surface area contributed by atoms with Crippen molar-refractivity contribution in [3.63, 3.8) is 0 Å². The van der Waals surface area contributed by atoms with Crippen molar-refractivity contribution in [2.45, 2.75) is 25.7 Å². The molecule has 0 aromatic heterocycles. The van der Waals surface area contributed by atoms with Crippen molar-refractivity contribution >= 4 is 11.6 Å². The summed E-state index contributed by atoms with van der Waals surface area (Å²) < 4.78 is 5.70. The number of nitrogens with one attached hydrogen (secondary N) is 1. The van der Waals surface area contributed by atoms with E-state index in [4.69, 9.17) is 4.74 Å². The fourth-order valence-electron chi connectivity index (χ4n) is 2.68. The molecule has 1 fully saturated rings. The Morgan fingerprint density at radius 1 is 1.20 bits per heavy atom. The number of likely N-dealkylation sites (N-methyl/N-ethyl adjacent to an activating group) is 1. The van der Waals surface area contributed by atoms with Crippen molar-refractivity contribution in [1.82, 2.24) is 10.2 Å². The monoisotopic (exact) mass is 346 g/mol. The van der Waals surface area contributed by atoms with Gasteiger partial charge in [-0.1, -0.05) is 12.1 Å². The zero-order valence-corrected chi connectivity index (χ0v) is 16.3. The van der Waals surface area contributed by atoms with Gasteiger partial charge in [-0.25, -0.2) is 0 Å². The minimum atomic E-state index is 0.770. The van der Waals surface area contributed by atoms with E-state index in [1.807, 2.05) is 7.05 Å².